The highest BCUT2D eigenvalue weighted by Gasteiger charge is 2.00. The van der Waals surface area contributed by atoms with Crippen molar-refractivity contribution in [2.24, 2.45) is 0 Å². The van der Waals surface area contributed by atoms with Crippen LogP contribution in [0, 0.1) is 0 Å². The lowest BCUT2D eigenvalue weighted by Crippen LogP contribution is -1.90. The van der Waals surface area contributed by atoms with Gasteiger partial charge in [-0.2, -0.15) is 0 Å². The summed E-state index contributed by atoms with van der Waals surface area (Å²) in [6.07, 6.45) is 1.91. The Morgan fingerprint density at radius 1 is 0.812 bits per heavy atom. The molecule has 3 aromatic rings. The normalized spacial score (nSPS) is 10.5. The first kappa shape index (κ1) is 9.04. The fraction of sp³-hybridized carbons (Fsp3) is 0. The molecule has 2 heteroatoms. The third-order valence-electron chi connectivity index (χ3n) is 2.66. The predicted molar refractivity (Wildman–Crippen MR) is 68.0 cm³/mol. The van der Waals surface area contributed by atoms with Crippen molar-refractivity contribution < 1.29 is 0 Å². The highest BCUT2D eigenvalue weighted by molar-refractivity contribution is 5.95. The minimum absolute atomic E-state index is 1.01. The van der Waals surface area contributed by atoms with Gasteiger partial charge in [0.1, 0.15) is 5.82 Å². The van der Waals surface area contributed by atoms with Crippen molar-refractivity contribution in [2.45, 2.75) is 0 Å². The van der Waals surface area contributed by atoms with E-state index < -0.39 is 0 Å². The van der Waals surface area contributed by atoms with E-state index in [0.29, 0.717) is 0 Å². The Morgan fingerprint density at radius 3 is 2.56 bits per heavy atom. The summed E-state index contributed by atoms with van der Waals surface area (Å²) in [6.45, 7) is 0. The van der Waals surface area contributed by atoms with Crippen molar-refractivity contribution >= 4 is 22.3 Å². The molecular formula is C14H12N2. The second kappa shape index (κ2) is 3.74. The van der Waals surface area contributed by atoms with Crippen LogP contribution >= 0.6 is 0 Å². The van der Waals surface area contributed by atoms with Crippen molar-refractivity contribution in [3.8, 4) is 0 Å². The standard InChI is InChI=1S/C14H12N2/c1-2-7-12-11(5-1)6-3-8-13(12)16-14-9-4-10-15-14/h1-10,15-16H. The molecule has 0 aliphatic heterocycles. The summed E-state index contributed by atoms with van der Waals surface area (Å²) in [5, 5.41) is 5.86. The fourth-order valence-electron chi connectivity index (χ4n) is 1.89. The van der Waals surface area contributed by atoms with E-state index in [0.717, 1.165) is 11.5 Å². The quantitative estimate of drug-likeness (QED) is 0.656. The van der Waals surface area contributed by atoms with Crippen LogP contribution in [0.2, 0.25) is 0 Å². The van der Waals surface area contributed by atoms with Crippen molar-refractivity contribution in [3.05, 3.63) is 60.8 Å². The Bertz CT molecular complexity index is 592. The first-order chi connectivity index (χ1) is 7.93. The summed E-state index contributed by atoms with van der Waals surface area (Å²) in [5.41, 5.74) is 1.13. The molecular weight excluding hydrogens is 196 g/mol. The van der Waals surface area contributed by atoms with E-state index in [-0.39, 0.29) is 0 Å². The SMILES string of the molecule is c1c[nH]c(Nc2cccc3ccccc23)c1. The van der Waals surface area contributed by atoms with Gasteiger partial charge < -0.3 is 10.3 Å². The molecule has 0 aliphatic rings. The average Bonchev–Trinajstić information content (AvgIpc) is 2.82. The summed E-state index contributed by atoms with van der Waals surface area (Å²) < 4.78 is 0. The lowest BCUT2D eigenvalue weighted by atomic mass is 10.1. The van der Waals surface area contributed by atoms with E-state index >= 15 is 0 Å². The summed E-state index contributed by atoms with van der Waals surface area (Å²) in [5.74, 6) is 1.01. The van der Waals surface area contributed by atoms with E-state index in [1.54, 1.807) is 0 Å². The third kappa shape index (κ3) is 1.54. The molecule has 3 rings (SSSR count). The number of hydrogen-bond acceptors (Lipinski definition) is 1. The highest BCUT2D eigenvalue weighted by Crippen LogP contribution is 2.25. The van der Waals surface area contributed by atoms with Gasteiger partial charge >= 0.3 is 0 Å². The Balaban J connectivity index is 2.10. The molecule has 78 valence electrons. The molecule has 16 heavy (non-hydrogen) atoms. The molecule has 0 radical (unpaired) electrons. The first-order valence-corrected chi connectivity index (χ1v) is 5.32. The van der Waals surface area contributed by atoms with Gasteiger partial charge in [0.2, 0.25) is 0 Å². The van der Waals surface area contributed by atoms with Crippen LogP contribution in [0.5, 0.6) is 0 Å². The number of hydrogen-bond donors (Lipinski definition) is 2. The molecule has 0 spiro atoms. The zero-order valence-electron chi connectivity index (χ0n) is 8.77. The van der Waals surface area contributed by atoms with Crippen molar-refractivity contribution in [1.29, 1.82) is 0 Å². The molecule has 0 saturated heterocycles. The topological polar surface area (TPSA) is 27.8 Å². The van der Waals surface area contributed by atoms with E-state index in [9.17, 15) is 0 Å². The first-order valence-electron chi connectivity index (χ1n) is 5.32. The summed E-state index contributed by atoms with van der Waals surface area (Å²) in [4.78, 5) is 3.14. The lowest BCUT2D eigenvalue weighted by Gasteiger charge is -2.07. The number of aromatic amines is 1. The Labute approximate surface area is 93.9 Å². The minimum Gasteiger partial charge on any atom is -0.348 e. The van der Waals surface area contributed by atoms with E-state index in [4.69, 9.17) is 0 Å². The van der Waals surface area contributed by atoms with Crippen LogP contribution in [-0.2, 0) is 0 Å². The molecule has 0 saturated carbocycles. The number of anilines is 2. The van der Waals surface area contributed by atoms with Crippen LogP contribution in [0.3, 0.4) is 0 Å². The molecule has 0 aliphatic carbocycles. The van der Waals surface area contributed by atoms with Gasteiger partial charge in [-0.1, -0.05) is 36.4 Å². The lowest BCUT2D eigenvalue weighted by molar-refractivity contribution is 1.38. The van der Waals surface area contributed by atoms with Crippen LogP contribution in [0.1, 0.15) is 0 Å². The van der Waals surface area contributed by atoms with Gasteiger partial charge in [-0.15, -0.1) is 0 Å². The number of rotatable bonds is 2. The van der Waals surface area contributed by atoms with Crippen LogP contribution in [0.15, 0.2) is 60.8 Å². The van der Waals surface area contributed by atoms with Gasteiger partial charge in [-0.3, -0.25) is 0 Å². The minimum atomic E-state index is 1.01. The Hall–Kier alpha value is -2.22. The summed E-state index contributed by atoms with van der Waals surface area (Å²) in [7, 11) is 0. The Kier molecular flexibility index (Phi) is 2.11. The zero-order valence-corrected chi connectivity index (χ0v) is 8.77. The van der Waals surface area contributed by atoms with Crippen molar-refractivity contribution in [2.75, 3.05) is 5.32 Å². The maximum atomic E-state index is 3.37. The summed E-state index contributed by atoms with van der Waals surface area (Å²) >= 11 is 0. The van der Waals surface area contributed by atoms with Gasteiger partial charge in [0, 0.05) is 17.3 Å². The zero-order chi connectivity index (χ0) is 10.8. The molecule has 2 aromatic carbocycles. The Morgan fingerprint density at radius 2 is 1.69 bits per heavy atom. The monoisotopic (exact) mass is 208 g/mol. The highest BCUT2D eigenvalue weighted by atomic mass is 15.0. The summed E-state index contributed by atoms with van der Waals surface area (Å²) in [6, 6.07) is 18.6. The predicted octanol–water partition coefficient (Wildman–Crippen LogP) is 3.91. The van der Waals surface area contributed by atoms with Crippen LogP contribution in [0.25, 0.3) is 10.8 Å². The van der Waals surface area contributed by atoms with Crippen molar-refractivity contribution in [1.82, 2.24) is 4.98 Å². The molecule has 0 bridgehead atoms. The number of nitrogens with one attached hydrogen (secondary N) is 2. The average molecular weight is 208 g/mol. The molecule has 1 aromatic heterocycles. The van der Waals surface area contributed by atoms with Gasteiger partial charge in [0.25, 0.3) is 0 Å². The van der Waals surface area contributed by atoms with Gasteiger partial charge in [-0.25, -0.2) is 0 Å². The van der Waals surface area contributed by atoms with Crippen LogP contribution in [0.4, 0.5) is 11.5 Å². The fourth-order valence-corrected chi connectivity index (χ4v) is 1.89. The molecule has 0 unspecified atom stereocenters. The molecule has 2 nitrogen and oxygen atoms in total. The van der Waals surface area contributed by atoms with Gasteiger partial charge in [0.05, 0.1) is 0 Å². The second-order valence-corrected chi connectivity index (χ2v) is 3.74. The number of H-pyrrole nitrogens is 1. The number of aromatic nitrogens is 1. The number of benzene rings is 2. The second-order valence-electron chi connectivity index (χ2n) is 3.74. The number of fused-ring (bicyclic) bond motifs is 1. The van der Waals surface area contributed by atoms with Gasteiger partial charge in [-0.05, 0) is 23.6 Å². The van der Waals surface area contributed by atoms with Crippen LogP contribution < -0.4 is 5.32 Å². The van der Waals surface area contributed by atoms with Crippen LogP contribution in [-0.4, -0.2) is 4.98 Å². The van der Waals surface area contributed by atoms with E-state index in [1.807, 2.05) is 18.3 Å². The molecule has 0 fully saturated rings. The molecule has 1 heterocycles. The van der Waals surface area contributed by atoms with Crippen molar-refractivity contribution in [3.63, 3.8) is 0 Å². The maximum absolute atomic E-state index is 3.37. The molecule has 2 N–H and O–H groups in total. The molecule has 0 atom stereocenters. The molecule has 0 amide bonds. The third-order valence-corrected chi connectivity index (χ3v) is 2.66. The van der Waals surface area contributed by atoms with E-state index in [2.05, 4.69) is 52.8 Å². The van der Waals surface area contributed by atoms with Gasteiger partial charge in [0.15, 0.2) is 0 Å². The van der Waals surface area contributed by atoms with E-state index in [1.165, 1.54) is 10.8 Å². The smallest absolute Gasteiger partial charge is 0.107 e. The maximum Gasteiger partial charge on any atom is 0.107 e. The largest absolute Gasteiger partial charge is 0.348 e.